The lowest BCUT2D eigenvalue weighted by Gasteiger charge is -2.44. The number of rotatable bonds is 14. The molecule has 0 aromatic rings. The SMILES string of the molecule is CC(=O)N[C@H]1[C@@H](OCCOCCOCCN)O[C@H](COC(C)=O)[C@H](OC(C)=O)[C@@H]1OC(C)=O. The Morgan fingerprint density at radius 3 is 1.94 bits per heavy atom. The van der Waals surface area contributed by atoms with E-state index in [1.807, 2.05) is 0 Å². The van der Waals surface area contributed by atoms with Crippen LogP contribution < -0.4 is 11.1 Å². The Morgan fingerprint density at radius 2 is 1.39 bits per heavy atom. The molecule has 1 saturated heterocycles. The molecular weight excluding hydrogens is 444 g/mol. The minimum atomic E-state index is -1.17. The molecule has 3 N–H and O–H groups in total. The second-order valence-corrected chi connectivity index (χ2v) is 7.10. The van der Waals surface area contributed by atoms with Crippen molar-refractivity contribution < 1.29 is 52.3 Å². The number of ether oxygens (including phenoxy) is 7. The number of amides is 1. The maximum Gasteiger partial charge on any atom is 0.303 e. The second-order valence-electron chi connectivity index (χ2n) is 7.10. The van der Waals surface area contributed by atoms with Crippen molar-refractivity contribution in [3.05, 3.63) is 0 Å². The Labute approximate surface area is 192 Å². The lowest BCUT2D eigenvalue weighted by Crippen LogP contribution is -2.66. The standard InChI is InChI=1S/C20H34N2O11/c1-12(23)22-17-19(32-15(4)26)18(31-14(3)25)16(11-30-13(2)24)33-20(17)29-10-9-28-8-7-27-6-5-21/h16-20H,5-11,21H2,1-4H3,(H,22,23)/t16-,17-,18+,19-,20+/m1/s1. The number of esters is 3. The van der Waals surface area contributed by atoms with Crippen LogP contribution in [-0.2, 0) is 52.3 Å². The van der Waals surface area contributed by atoms with Gasteiger partial charge in [0.05, 0.1) is 33.0 Å². The van der Waals surface area contributed by atoms with Crippen LogP contribution in [-0.4, -0.2) is 101 Å². The minimum absolute atomic E-state index is 0.0585. The average Bonchev–Trinajstić information content (AvgIpc) is 2.71. The first-order chi connectivity index (χ1) is 15.6. The van der Waals surface area contributed by atoms with Gasteiger partial charge in [0.15, 0.2) is 18.5 Å². The number of nitrogens with two attached hydrogens (primary N) is 1. The summed E-state index contributed by atoms with van der Waals surface area (Å²) in [6.45, 7) is 6.28. The molecule has 33 heavy (non-hydrogen) atoms. The maximum absolute atomic E-state index is 11.8. The van der Waals surface area contributed by atoms with Gasteiger partial charge in [-0.25, -0.2) is 0 Å². The molecule has 0 bridgehead atoms. The van der Waals surface area contributed by atoms with E-state index in [0.717, 1.165) is 6.92 Å². The van der Waals surface area contributed by atoms with Gasteiger partial charge in [0, 0.05) is 34.2 Å². The van der Waals surface area contributed by atoms with E-state index in [0.29, 0.717) is 26.4 Å². The number of hydrogen-bond donors (Lipinski definition) is 2. The molecule has 5 atom stereocenters. The fraction of sp³-hybridized carbons (Fsp3) is 0.800. The predicted octanol–water partition coefficient (Wildman–Crippen LogP) is -1.35. The van der Waals surface area contributed by atoms with Gasteiger partial charge >= 0.3 is 17.9 Å². The van der Waals surface area contributed by atoms with Crippen molar-refractivity contribution in [2.45, 2.75) is 58.3 Å². The molecule has 190 valence electrons. The molecule has 1 aliphatic heterocycles. The Bertz CT molecular complexity index is 646. The molecule has 0 aromatic carbocycles. The summed E-state index contributed by atoms with van der Waals surface area (Å²) in [5.41, 5.74) is 5.33. The summed E-state index contributed by atoms with van der Waals surface area (Å²) in [6.07, 6.45) is -4.48. The topological polar surface area (TPSA) is 171 Å². The number of nitrogens with one attached hydrogen (secondary N) is 1. The molecule has 0 spiro atoms. The predicted molar refractivity (Wildman–Crippen MR) is 111 cm³/mol. The second kappa shape index (κ2) is 15.5. The van der Waals surface area contributed by atoms with E-state index >= 15 is 0 Å². The van der Waals surface area contributed by atoms with Crippen molar-refractivity contribution >= 4 is 23.8 Å². The first-order valence-electron chi connectivity index (χ1n) is 10.5. The maximum atomic E-state index is 11.8. The van der Waals surface area contributed by atoms with E-state index in [1.54, 1.807) is 0 Å². The van der Waals surface area contributed by atoms with Crippen LogP contribution in [0.2, 0.25) is 0 Å². The largest absolute Gasteiger partial charge is 0.463 e. The van der Waals surface area contributed by atoms with Crippen molar-refractivity contribution in [1.29, 1.82) is 0 Å². The van der Waals surface area contributed by atoms with Crippen LogP contribution in [0, 0.1) is 0 Å². The first-order valence-corrected chi connectivity index (χ1v) is 10.5. The Balaban J connectivity index is 2.95. The summed E-state index contributed by atoms with van der Waals surface area (Å²) < 4.78 is 37.9. The van der Waals surface area contributed by atoms with Gasteiger partial charge in [-0.2, -0.15) is 0 Å². The third-order valence-electron chi connectivity index (χ3n) is 4.22. The molecule has 1 heterocycles. The zero-order valence-electron chi connectivity index (χ0n) is 19.4. The molecule has 1 fully saturated rings. The lowest BCUT2D eigenvalue weighted by molar-refractivity contribution is -0.279. The molecular formula is C20H34N2O11. The molecule has 13 heteroatoms. The van der Waals surface area contributed by atoms with E-state index in [2.05, 4.69) is 5.32 Å². The summed E-state index contributed by atoms with van der Waals surface area (Å²) in [7, 11) is 0. The molecule has 0 aliphatic carbocycles. The van der Waals surface area contributed by atoms with Gasteiger partial charge in [0.1, 0.15) is 18.8 Å². The van der Waals surface area contributed by atoms with E-state index in [-0.39, 0.29) is 19.8 Å². The average molecular weight is 478 g/mol. The fourth-order valence-corrected chi connectivity index (χ4v) is 3.06. The molecule has 0 aromatic heterocycles. The van der Waals surface area contributed by atoms with Gasteiger partial charge in [-0.1, -0.05) is 0 Å². The quantitative estimate of drug-likeness (QED) is 0.171. The molecule has 1 rings (SSSR count). The third-order valence-corrected chi connectivity index (χ3v) is 4.22. The van der Waals surface area contributed by atoms with Gasteiger partial charge in [0.25, 0.3) is 0 Å². The summed E-state index contributed by atoms with van der Waals surface area (Å²) >= 11 is 0. The highest BCUT2D eigenvalue weighted by Crippen LogP contribution is 2.28. The Kier molecular flexibility index (Phi) is 13.5. The zero-order chi connectivity index (χ0) is 24.8. The van der Waals surface area contributed by atoms with Gasteiger partial charge in [-0.15, -0.1) is 0 Å². The van der Waals surface area contributed by atoms with Crippen molar-refractivity contribution in [2.24, 2.45) is 5.73 Å². The van der Waals surface area contributed by atoms with Crippen LogP contribution in [0.15, 0.2) is 0 Å². The van der Waals surface area contributed by atoms with Crippen LogP contribution in [0.1, 0.15) is 27.7 Å². The highest BCUT2D eigenvalue weighted by molar-refractivity contribution is 5.73. The lowest BCUT2D eigenvalue weighted by atomic mass is 9.96. The highest BCUT2D eigenvalue weighted by Gasteiger charge is 2.51. The fourth-order valence-electron chi connectivity index (χ4n) is 3.06. The summed E-state index contributed by atoms with van der Waals surface area (Å²) in [5.74, 6) is -2.40. The van der Waals surface area contributed by atoms with Crippen molar-refractivity contribution in [2.75, 3.05) is 46.2 Å². The summed E-state index contributed by atoms with van der Waals surface area (Å²) in [5, 5.41) is 2.61. The third kappa shape index (κ3) is 11.4. The van der Waals surface area contributed by atoms with E-state index in [9.17, 15) is 19.2 Å². The number of carbonyl (C=O) groups excluding carboxylic acids is 4. The minimum Gasteiger partial charge on any atom is -0.463 e. The van der Waals surface area contributed by atoms with Crippen LogP contribution in [0.25, 0.3) is 0 Å². The summed E-state index contributed by atoms with van der Waals surface area (Å²) in [4.78, 5) is 46.6. The first kappa shape index (κ1) is 28.7. The Morgan fingerprint density at radius 1 is 0.818 bits per heavy atom. The van der Waals surface area contributed by atoms with Gasteiger partial charge in [-0.05, 0) is 0 Å². The van der Waals surface area contributed by atoms with Gasteiger partial charge in [-0.3, -0.25) is 19.2 Å². The molecule has 13 nitrogen and oxygen atoms in total. The highest BCUT2D eigenvalue weighted by atomic mass is 16.7. The van der Waals surface area contributed by atoms with Gasteiger partial charge < -0.3 is 44.2 Å². The number of hydrogen-bond acceptors (Lipinski definition) is 12. The molecule has 0 unspecified atom stereocenters. The van der Waals surface area contributed by atoms with Crippen molar-refractivity contribution in [3.8, 4) is 0 Å². The molecule has 0 radical (unpaired) electrons. The van der Waals surface area contributed by atoms with Crippen LogP contribution in [0.3, 0.4) is 0 Å². The smallest absolute Gasteiger partial charge is 0.303 e. The monoisotopic (exact) mass is 478 g/mol. The van der Waals surface area contributed by atoms with E-state index in [4.69, 9.17) is 38.9 Å². The van der Waals surface area contributed by atoms with E-state index in [1.165, 1.54) is 20.8 Å². The molecule has 1 aliphatic rings. The Hall–Kier alpha value is -2.32. The summed E-state index contributed by atoms with van der Waals surface area (Å²) in [6, 6.07) is -1.02. The van der Waals surface area contributed by atoms with E-state index < -0.39 is 54.5 Å². The number of carbonyl (C=O) groups is 4. The zero-order valence-corrected chi connectivity index (χ0v) is 19.4. The van der Waals surface area contributed by atoms with Crippen LogP contribution in [0.4, 0.5) is 0 Å². The van der Waals surface area contributed by atoms with Crippen molar-refractivity contribution in [1.82, 2.24) is 5.32 Å². The molecule has 1 amide bonds. The van der Waals surface area contributed by atoms with Crippen LogP contribution >= 0.6 is 0 Å². The van der Waals surface area contributed by atoms with Crippen LogP contribution in [0.5, 0.6) is 0 Å². The van der Waals surface area contributed by atoms with Crippen molar-refractivity contribution in [3.63, 3.8) is 0 Å². The normalized spacial score (nSPS) is 24.6. The van der Waals surface area contributed by atoms with Gasteiger partial charge in [0.2, 0.25) is 5.91 Å². The molecule has 0 saturated carbocycles.